The van der Waals surface area contributed by atoms with Gasteiger partial charge in [0.25, 0.3) is 0 Å². The Balaban J connectivity index is 3.52. The lowest BCUT2D eigenvalue weighted by molar-refractivity contribution is -0.150. The minimum absolute atomic E-state index is 0.0114. The normalized spacial score (nSPS) is 10.8. The number of rotatable bonds is 63. The number of hydrogen-bond donors (Lipinski definition) is 1. The summed E-state index contributed by atoms with van der Waals surface area (Å²) in [5.74, 6) is -3.39. The molecule has 0 fully saturated rings. The summed E-state index contributed by atoms with van der Waals surface area (Å²) in [6.45, 7) is 7.71. The van der Waals surface area contributed by atoms with Gasteiger partial charge < -0.3 is 57.2 Å². The zero-order valence-corrected chi connectivity index (χ0v) is 53.9. The summed E-state index contributed by atoms with van der Waals surface area (Å²) in [5.41, 5.74) is 0.275. The molecule has 0 heterocycles. The summed E-state index contributed by atoms with van der Waals surface area (Å²) in [4.78, 5) is 131. The molecule has 0 unspecified atom stereocenters. The van der Waals surface area contributed by atoms with Crippen molar-refractivity contribution >= 4 is 65.7 Å². The molecule has 0 aromatic rings. The highest BCUT2D eigenvalue weighted by atomic mass is 16.6. The maximum absolute atomic E-state index is 12.1. The molecule has 0 amide bonds. The van der Waals surface area contributed by atoms with Gasteiger partial charge in [0.15, 0.2) is 0 Å². The second-order valence-corrected chi connectivity index (χ2v) is 22.0. The van der Waals surface area contributed by atoms with Crippen molar-refractivity contribution in [3.63, 3.8) is 0 Å². The predicted octanol–water partition coefficient (Wildman–Crippen LogP) is 11.1. The molecule has 0 atom stereocenters. The lowest BCUT2D eigenvalue weighted by Crippen LogP contribution is -2.14. The average Bonchev–Trinajstić information content (AvgIpc) is 3.51. The van der Waals surface area contributed by atoms with Crippen molar-refractivity contribution < 1.29 is 110 Å². The van der Waals surface area contributed by atoms with Gasteiger partial charge in [-0.3, -0.25) is 47.9 Å². The Morgan fingerprint density at radius 1 is 0.213 bits per heavy atom. The fraction of sp³-hybridized carbons (Fsp3) is 0.803. The van der Waals surface area contributed by atoms with Gasteiger partial charge in [0, 0.05) is 76.4 Å². The number of esters is 11. The van der Waals surface area contributed by atoms with Gasteiger partial charge in [0.05, 0.1) is 59.5 Å². The van der Waals surface area contributed by atoms with E-state index in [1.807, 2.05) is 0 Å². The third kappa shape index (κ3) is 61.9. The summed E-state index contributed by atoms with van der Waals surface area (Å²) >= 11 is 0. The number of ether oxygens (including phenoxy) is 11. The molecule has 0 aliphatic heterocycles. The number of aliphatic hydroxyl groups excluding tert-OH is 1. The topological polar surface area (TPSA) is 310 Å². The fourth-order valence-electron chi connectivity index (χ4n) is 8.30. The van der Waals surface area contributed by atoms with E-state index in [0.29, 0.717) is 206 Å². The van der Waals surface area contributed by atoms with Gasteiger partial charge in [-0.2, -0.15) is 0 Å². The second-order valence-electron chi connectivity index (χ2n) is 22.0. The Morgan fingerprint density at radius 3 is 0.517 bits per heavy atom. The van der Waals surface area contributed by atoms with Crippen LogP contribution in [0.15, 0.2) is 12.2 Å². The molecule has 0 saturated carbocycles. The third-order valence-corrected chi connectivity index (χ3v) is 13.6. The van der Waals surface area contributed by atoms with E-state index in [9.17, 15) is 52.7 Å². The zero-order chi connectivity index (χ0) is 65.5. The molecule has 0 spiro atoms. The van der Waals surface area contributed by atoms with E-state index in [0.717, 1.165) is 25.7 Å². The van der Waals surface area contributed by atoms with Crippen LogP contribution in [0.1, 0.15) is 264 Å². The van der Waals surface area contributed by atoms with E-state index in [2.05, 4.69) is 6.58 Å². The molecule has 89 heavy (non-hydrogen) atoms. The van der Waals surface area contributed by atoms with E-state index in [-0.39, 0.29) is 170 Å². The van der Waals surface area contributed by atoms with Crippen LogP contribution in [0.25, 0.3) is 0 Å². The molecule has 0 rings (SSSR count). The highest BCUT2D eigenvalue weighted by Crippen LogP contribution is 2.12. The molecular formula is C66H110O23. The van der Waals surface area contributed by atoms with Crippen molar-refractivity contribution in [1.29, 1.82) is 0 Å². The Kier molecular flexibility index (Phi) is 57.8. The first kappa shape index (κ1) is 82.9. The lowest BCUT2D eigenvalue weighted by atomic mass is 10.2. The van der Waals surface area contributed by atoms with Crippen LogP contribution in [0.4, 0.5) is 0 Å². The highest BCUT2D eigenvalue weighted by Gasteiger charge is 2.12. The van der Waals surface area contributed by atoms with Gasteiger partial charge in [-0.25, -0.2) is 4.79 Å². The quantitative estimate of drug-likeness (QED) is 0.0256. The van der Waals surface area contributed by atoms with Crippen molar-refractivity contribution in [2.75, 3.05) is 79.3 Å². The summed E-state index contributed by atoms with van der Waals surface area (Å²) < 4.78 is 57.2. The van der Waals surface area contributed by atoms with Crippen molar-refractivity contribution in [2.45, 2.75) is 264 Å². The Bertz CT molecular complexity index is 1940. The van der Waals surface area contributed by atoms with Crippen LogP contribution < -0.4 is 0 Å². The SMILES string of the molecule is C=C(C)C(=O)OCCOC(=O)CCCCCOC(=O)CCCCCOC(=O)CCCCCOC(=O)CCCCCOC(=O)CCCCCOC(=O)CCCCCOC(=O)CCCCCOC(=O)CCCCCOC(=O)CCCCCOC(=O)CCCCCO. The van der Waals surface area contributed by atoms with Crippen molar-refractivity contribution in [3.05, 3.63) is 12.2 Å². The molecule has 0 radical (unpaired) electrons. The molecule has 0 aromatic carbocycles. The molecule has 23 nitrogen and oxygen atoms in total. The third-order valence-electron chi connectivity index (χ3n) is 13.6. The molecule has 1 N–H and O–H groups in total. The Hall–Kier alpha value is -6.13. The monoisotopic (exact) mass is 1270 g/mol. The van der Waals surface area contributed by atoms with Crippen LogP contribution in [0, 0.1) is 0 Å². The second kappa shape index (κ2) is 62.1. The van der Waals surface area contributed by atoms with Gasteiger partial charge in [0.2, 0.25) is 0 Å². The number of unbranched alkanes of at least 4 members (excludes halogenated alkanes) is 20. The van der Waals surface area contributed by atoms with E-state index in [1.54, 1.807) is 0 Å². The van der Waals surface area contributed by atoms with Crippen molar-refractivity contribution in [3.8, 4) is 0 Å². The summed E-state index contributed by atoms with van der Waals surface area (Å²) in [5, 5.41) is 8.76. The van der Waals surface area contributed by atoms with Gasteiger partial charge >= 0.3 is 65.7 Å². The largest absolute Gasteiger partial charge is 0.466 e. The predicted molar refractivity (Wildman–Crippen MR) is 327 cm³/mol. The first-order valence-corrected chi connectivity index (χ1v) is 33.1. The van der Waals surface area contributed by atoms with Gasteiger partial charge in [0.1, 0.15) is 13.2 Å². The van der Waals surface area contributed by atoms with E-state index in [4.69, 9.17) is 57.2 Å². The smallest absolute Gasteiger partial charge is 0.333 e. The van der Waals surface area contributed by atoms with Crippen LogP contribution in [-0.4, -0.2) is 150 Å². The van der Waals surface area contributed by atoms with Crippen LogP contribution >= 0.6 is 0 Å². The zero-order valence-electron chi connectivity index (χ0n) is 53.9. The highest BCUT2D eigenvalue weighted by molar-refractivity contribution is 5.87. The maximum Gasteiger partial charge on any atom is 0.333 e. The number of carbonyl (C=O) groups excluding carboxylic acids is 11. The number of aliphatic hydroxyl groups is 1. The molecule has 0 aromatic heterocycles. The number of hydrogen-bond acceptors (Lipinski definition) is 23. The van der Waals surface area contributed by atoms with Crippen molar-refractivity contribution in [2.24, 2.45) is 0 Å². The summed E-state index contributed by atoms with van der Waals surface area (Å²) in [6.07, 6.45) is 23.0. The molecule has 0 aliphatic carbocycles. The first-order chi connectivity index (χ1) is 43.1. The fourth-order valence-corrected chi connectivity index (χ4v) is 8.30. The molecular weight excluding hydrogens is 1160 g/mol. The van der Waals surface area contributed by atoms with Crippen molar-refractivity contribution in [1.82, 2.24) is 0 Å². The van der Waals surface area contributed by atoms with E-state index in [1.165, 1.54) is 6.92 Å². The molecule has 512 valence electrons. The van der Waals surface area contributed by atoms with E-state index >= 15 is 0 Å². The van der Waals surface area contributed by atoms with Crippen LogP contribution in [0.2, 0.25) is 0 Å². The lowest BCUT2D eigenvalue weighted by Gasteiger charge is -2.07. The minimum Gasteiger partial charge on any atom is -0.466 e. The Morgan fingerprint density at radius 2 is 0.360 bits per heavy atom. The minimum atomic E-state index is -0.531. The summed E-state index contributed by atoms with van der Waals surface area (Å²) in [6, 6.07) is 0. The van der Waals surface area contributed by atoms with Gasteiger partial charge in [-0.05, 0) is 193 Å². The van der Waals surface area contributed by atoms with Crippen LogP contribution in [0.5, 0.6) is 0 Å². The molecule has 0 bridgehead atoms. The number of carbonyl (C=O) groups is 11. The van der Waals surface area contributed by atoms with Gasteiger partial charge in [-0.1, -0.05) is 13.0 Å². The van der Waals surface area contributed by atoms with E-state index < -0.39 is 5.97 Å². The Labute approximate surface area is 529 Å². The van der Waals surface area contributed by atoms with Crippen LogP contribution in [-0.2, 0) is 105 Å². The van der Waals surface area contributed by atoms with Gasteiger partial charge in [-0.15, -0.1) is 0 Å². The molecule has 23 heteroatoms. The first-order valence-electron chi connectivity index (χ1n) is 33.1. The van der Waals surface area contributed by atoms with Crippen LogP contribution in [0.3, 0.4) is 0 Å². The average molecular weight is 1270 g/mol. The molecule has 0 saturated heterocycles. The standard InChI is InChI=1S/C66H110O23/c1-55(2)66(78)89-54-53-88-65(77)42-22-12-32-52-87-64(76)41-21-11-31-51-86-63(75)40-20-10-30-50-85-62(74)39-19-9-29-49-84-61(73)38-18-8-28-48-83-60(72)37-17-7-27-47-82-59(71)36-16-6-26-46-81-58(70)35-15-5-25-45-80-57(69)34-14-4-24-44-79-56(68)33-13-3-23-43-67/h67H,1,3-54H2,2H3. The summed E-state index contributed by atoms with van der Waals surface area (Å²) in [7, 11) is 0. The maximum atomic E-state index is 12.1. The molecule has 0 aliphatic rings.